The lowest BCUT2D eigenvalue weighted by molar-refractivity contribution is 0.101. The Hall–Kier alpha value is -0.960. The molecule has 0 heterocycles. The smallest absolute Gasteiger partial charge is 0.163 e. The Balaban J connectivity index is 2.39. The van der Waals surface area contributed by atoms with Crippen molar-refractivity contribution in [2.24, 2.45) is 5.92 Å². The molecule has 1 rings (SSSR count). The molecule has 0 saturated heterocycles. The number of Topliss-reactive ketones (excluding diaryl/α,β-unsaturated/α-hetero) is 1. The van der Waals surface area contributed by atoms with Crippen LogP contribution in [-0.4, -0.2) is 23.9 Å². The van der Waals surface area contributed by atoms with Crippen molar-refractivity contribution in [3.8, 4) is 5.75 Å². The Labute approximate surface area is 108 Å². The SMILES string of the molecule is CC(=O)c1ccccc1OCCSCC(C)C. The van der Waals surface area contributed by atoms with Crippen LogP contribution in [0, 0.1) is 5.92 Å². The van der Waals surface area contributed by atoms with E-state index in [4.69, 9.17) is 4.74 Å². The summed E-state index contributed by atoms with van der Waals surface area (Å²) in [6, 6.07) is 7.41. The van der Waals surface area contributed by atoms with E-state index >= 15 is 0 Å². The molecule has 0 atom stereocenters. The second-order valence-corrected chi connectivity index (χ2v) is 5.52. The normalized spacial score (nSPS) is 10.6. The Morgan fingerprint density at radius 1 is 1.35 bits per heavy atom. The zero-order valence-corrected chi connectivity index (χ0v) is 11.5. The molecule has 17 heavy (non-hydrogen) atoms. The standard InChI is InChI=1S/C14H20O2S/c1-11(2)10-17-9-8-16-14-7-5-4-6-13(14)12(3)15/h4-7,11H,8-10H2,1-3H3. The molecule has 0 bridgehead atoms. The molecule has 94 valence electrons. The van der Waals surface area contributed by atoms with Crippen LogP contribution in [0.15, 0.2) is 24.3 Å². The first-order valence-corrected chi connectivity index (χ1v) is 7.07. The van der Waals surface area contributed by atoms with Gasteiger partial charge < -0.3 is 4.74 Å². The van der Waals surface area contributed by atoms with Crippen LogP contribution in [-0.2, 0) is 0 Å². The quantitative estimate of drug-likeness (QED) is 0.547. The van der Waals surface area contributed by atoms with Crippen LogP contribution in [0.2, 0.25) is 0 Å². The summed E-state index contributed by atoms with van der Waals surface area (Å²) in [5, 5.41) is 0. The summed E-state index contributed by atoms with van der Waals surface area (Å²) in [6.45, 7) is 6.63. The molecule has 0 radical (unpaired) electrons. The number of rotatable bonds is 7. The summed E-state index contributed by atoms with van der Waals surface area (Å²) in [4.78, 5) is 11.4. The summed E-state index contributed by atoms with van der Waals surface area (Å²) < 4.78 is 5.64. The minimum Gasteiger partial charge on any atom is -0.492 e. The molecule has 0 aromatic heterocycles. The van der Waals surface area contributed by atoms with Crippen molar-refractivity contribution in [1.29, 1.82) is 0 Å². The lowest BCUT2D eigenvalue weighted by Gasteiger charge is -2.09. The van der Waals surface area contributed by atoms with Crippen LogP contribution >= 0.6 is 11.8 Å². The summed E-state index contributed by atoms with van der Waals surface area (Å²) in [5.41, 5.74) is 0.668. The van der Waals surface area contributed by atoms with E-state index in [0.717, 1.165) is 11.5 Å². The lowest BCUT2D eigenvalue weighted by atomic mass is 10.1. The summed E-state index contributed by atoms with van der Waals surface area (Å²) >= 11 is 1.88. The monoisotopic (exact) mass is 252 g/mol. The number of benzene rings is 1. The zero-order chi connectivity index (χ0) is 12.7. The highest BCUT2D eigenvalue weighted by molar-refractivity contribution is 7.99. The van der Waals surface area contributed by atoms with Crippen molar-refractivity contribution in [3.63, 3.8) is 0 Å². The minimum absolute atomic E-state index is 0.0513. The van der Waals surface area contributed by atoms with E-state index in [1.807, 2.05) is 30.0 Å². The van der Waals surface area contributed by atoms with E-state index in [1.54, 1.807) is 13.0 Å². The molecule has 0 N–H and O–H groups in total. The van der Waals surface area contributed by atoms with Gasteiger partial charge in [0, 0.05) is 5.75 Å². The van der Waals surface area contributed by atoms with Gasteiger partial charge in [0.2, 0.25) is 0 Å². The molecule has 0 fully saturated rings. The Bertz CT molecular complexity index is 361. The maximum atomic E-state index is 11.4. The first-order valence-electron chi connectivity index (χ1n) is 5.91. The topological polar surface area (TPSA) is 26.3 Å². The van der Waals surface area contributed by atoms with Crippen molar-refractivity contribution in [2.75, 3.05) is 18.1 Å². The van der Waals surface area contributed by atoms with Crippen LogP contribution < -0.4 is 4.74 Å². The molecule has 0 aliphatic rings. The van der Waals surface area contributed by atoms with E-state index < -0.39 is 0 Å². The van der Waals surface area contributed by atoms with Gasteiger partial charge in [0.15, 0.2) is 5.78 Å². The Kier molecular flexibility index (Phi) is 6.12. The number of para-hydroxylation sites is 1. The molecular weight excluding hydrogens is 232 g/mol. The number of ketones is 1. The zero-order valence-electron chi connectivity index (χ0n) is 10.7. The fourth-order valence-corrected chi connectivity index (χ4v) is 2.25. The molecular formula is C14H20O2S. The third-order valence-electron chi connectivity index (χ3n) is 2.20. The predicted molar refractivity (Wildman–Crippen MR) is 74.1 cm³/mol. The second-order valence-electron chi connectivity index (χ2n) is 4.37. The van der Waals surface area contributed by atoms with Gasteiger partial charge in [-0.2, -0.15) is 11.8 Å². The highest BCUT2D eigenvalue weighted by atomic mass is 32.2. The first-order chi connectivity index (χ1) is 8.11. The van der Waals surface area contributed by atoms with Crippen LogP contribution in [0.5, 0.6) is 5.75 Å². The van der Waals surface area contributed by atoms with Crippen LogP contribution in [0.4, 0.5) is 0 Å². The van der Waals surface area contributed by atoms with Crippen LogP contribution in [0.1, 0.15) is 31.1 Å². The maximum Gasteiger partial charge on any atom is 0.163 e. The van der Waals surface area contributed by atoms with Gasteiger partial charge in [-0.15, -0.1) is 0 Å². The number of carbonyl (C=O) groups excluding carboxylic acids is 1. The molecule has 3 heteroatoms. The first kappa shape index (κ1) is 14.1. The summed E-state index contributed by atoms with van der Waals surface area (Å²) in [5.74, 6) is 3.58. The molecule has 1 aromatic carbocycles. The van der Waals surface area contributed by atoms with Crippen molar-refractivity contribution >= 4 is 17.5 Å². The Morgan fingerprint density at radius 3 is 2.71 bits per heavy atom. The number of ether oxygens (including phenoxy) is 1. The fraction of sp³-hybridized carbons (Fsp3) is 0.500. The summed E-state index contributed by atoms with van der Waals surface area (Å²) in [7, 11) is 0. The molecule has 0 unspecified atom stereocenters. The van der Waals surface area contributed by atoms with Gasteiger partial charge >= 0.3 is 0 Å². The molecule has 1 aromatic rings. The van der Waals surface area contributed by atoms with Crippen LogP contribution in [0.3, 0.4) is 0 Å². The van der Waals surface area contributed by atoms with E-state index in [9.17, 15) is 4.79 Å². The molecule has 0 amide bonds. The third-order valence-corrected chi connectivity index (χ3v) is 3.56. The van der Waals surface area contributed by atoms with Gasteiger partial charge in [-0.25, -0.2) is 0 Å². The largest absolute Gasteiger partial charge is 0.492 e. The molecule has 0 aliphatic carbocycles. The van der Waals surface area contributed by atoms with Crippen molar-refractivity contribution in [3.05, 3.63) is 29.8 Å². The number of carbonyl (C=O) groups is 1. The lowest BCUT2D eigenvalue weighted by Crippen LogP contribution is -2.05. The van der Waals surface area contributed by atoms with Crippen molar-refractivity contribution in [1.82, 2.24) is 0 Å². The van der Waals surface area contributed by atoms with Gasteiger partial charge in [-0.3, -0.25) is 4.79 Å². The van der Waals surface area contributed by atoms with Gasteiger partial charge in [0.1, 0.15) is 5.75 Å². The predicted octanol–water partition coefficient (Wildman–Crippen LogP) is 3.66. The van der Waals surface area contributed by atoms with E-state index in [0.29, 0.717) is 23.8 Å². The van der Waals surface area contributed by atoms with Gasteiger partial charge in [0.05, 0.1) is 12.2 Å². The average molecular weight is 252 g/mol. The van der Waals surface area contributed by atoms with Gasteiger partial charge in [-0.1, -0.05) is 26.0 Å². The number of hydrogen-bond acceptors (Lipinski definition) is 3. The van der Waals surface area contributed by atoms with Gasteiger partial charge in [-0.05, 0) is 30.7 Å². The number of thioether (sulfide) groups is 1. The fourth-order valence-electron chi connectivity index (χ4n) is 1.41. The van der Waals surface area contributed by atoms with E-state index in [2.05, 4.69) is 13.8 Å². The second kappa shape index (κ2) is 7.38. The summed E-state index contributed by atoms with van der Waals surface area (Å²) in [6.07, 6.45) is 0. The van der Waals surface area contributed by atoms with E-state index in [-0.39, 0.29) is 5.78 Å². The Morgan fingerprint density at radius 2 is 2.06 bits per heavy atom. The van der Waals surface area contributed by atoms with E-state index in [1.165, 1.54) is 0 Å². The minimum atomic E-state index is 0.0513. The molecule has 0 aliphatic heterocycles. The highest BCUT2D eigenvalue weighted by Crippen LogP contribution is 2.18. The highest BCUT2D eigenvalue weighted by Gasteiger charge is 2.06. The van der Waals surface area contributed by atoms with Crippen molar-refractivity contribution < 1.29 is 9.53 Å². The third kappa shape index (κ3) is 5.26. The number of hydrogen-bond donors (Lipinski definition) is 0. The molecule has 2 nitrogen and oxygen atoms in total. The van der Waals surface area contributed by atoms with Crippen molar-refractivity contribution in [2.45, 2.75) is 20.8 Å². The van der Waals surface area contributed by atoms with Gasteiger partial charge in [0.25, 0.3) is 0 Å². The molecule has 0 spiro atoms. The molecule has 0 saturated carbocycles. The average Bonchev–Trinajstić information content (AvgIpc) is 2.28. The maximum absolute atomic E-state index is 11.4. The van der Waals surface area contributed by atoms with Crippen LogP contribution in [0.25, 0.3) is 0 Å².